The molecule has 11 heteroatoms. The van der Waals surface area contributed by atoms with Crippen LogP contribution in [0, 0.1) is 12.7 Å². The molecule has 0 fully saturated rings. The molecule has 0 spiro atoms. The van der Waals surface area contributed by atoms with Crippen LogP contribution < -0.4 is 4.74 Å². The molecule has 0 saturated heterocycles. The molecule has 0 amide bonds. The van der Waals surface area contributed by atoms with Crippen LogP contribution in [-0.2, 0) is 32.3 Å². The average molecular weight is 522 g/mol. The molecule has 0 unspecified atom stereocenters. The zero-order valence-corrected chi connectivity index (χ0v) is 20.7. The van der Waals surface area contributed by atoms with Gasteiger partial charge in [0.15, 0.2) is 0 Å². The molecule has 1 aliphatic rings. The van der Waals surface area contributed by atoms with Crippen LogP contribution in [0.1, 0.15) is 46.3 Å². The van der Waals surface area contributed by atoms with Gasteiger partial charge in [-0.2, -0.15) is 18.3 Å². The van der Waals surface area contributed by atoms with E-state index < -0.39 is 30.0 Å². The van der Waals surface area contributed by atoms with Gasteiger partial charge in [0.2, 0.25) is 5.88 Å². The number of benzene rings is 1. The Balaban J connectivity index is 1.56. The predicted molar refractivity (Wildman–Crippen MR) is 128 cm³/mol. The van der Waals surface area contributed by atoms with Crippen molar-refractivity contribution in [1.82, 2.24) is 20.1 Å². The van der Waals surface area contributed by atoms with Crippen LogP contribution in [0.25, 0.3) is 0 Å². The van der Waals surface area contributed by atoms with E-state index in [9.17, 15) is 17.6 Å². The fourth-order valence-corrected chi connectivity index (χ4v) is 4.06. The van der Waals surface area contributed by atoms with Crippen LogP contribution in [-0.4, -0.2) is 39.4 Å². The fourth-order valence-electron chi connectivity index (χ4n) is 3.90. The Hall–Kier alpha value is -3.11. The summed E-state index contributed by atoms with van der Waals surface area (Å²) in [6, 6.07) is 6.89. The summed E-state index contributed by atoms with van der Waals surface area (Å²) >= 11 is 5.75. The highest BCUT2D eigenvalue weighted by molar-refractivity contribution is 6.30. The van der Waals surface area contributed by atoms with Gasteiger partial charge in [-0.15, -0.1) is 5.10 Å². The van der Waals surface area contributed by atoms with Gasteiger partial charge in [0.1, 0.15) is 23.7 Å². The van der Waals surface area contributed by atoms with E-state index >= 15 is 0 Å². The van der Waals surface area contributed by atoms with Gasteiger partial charge in [0.05, 0.1) is 17.1 Å². The van der Waals surface area contributed by atoms with Crippen molar-refractivity contribution in [1.29, 1.82) is 0 Å². The highest BCUT2D eigenvalue weighted by Gasteiger charge is 2.37. The molecule has 1 aromatic carbocycles. The normalized spacial score (nSPS) is 14.6. The van der Waals surface area contributed by atoms with E-state index in [0.29, 0.717) is 43.0 Å². The van der Waals surface area contributed by atoms with Crippen LogP contribution in [0.3, 0.4) is 0 Å². The number of aryl methyl sites for hydroxylation is 1. The minimum atomic E-state index is -4.67. The topological polar surface area (TPSA) is 63.5 Å². The van der Waals surface area contributed by atoms with E-state index in [0.717, 1.165) is 29.1 Å². The SMILES string of the molecule is CN=C(C)c1cc(C)c(CN2CCc3cc(C(F)(F)F)c(OCc4ccc(Cl)cc4F)nc3C2)nn1. The summed E-state index contributed by atoms with van der Waals surface area (Å²) in [5.74, 6) is -1.24. The molecule has 0 radical (unpaired) electrons. The van der Waals surface area contributed by atoms with Crippen molar-refractivity contribution in [2.45, 2.75) is 46.1 Å². The zero-order valence-electron chi connectivity index (χ0n) is 20.0. The molecule has 0 atom stereocenters. The number of aromatic nitrogens is 3. The van der Waals surface area contributed by atoms with Crippen LogP contribution in [0.4, 0.5) is 17.6 Å². The number of hydrogen-bond acceptors (Lipinski definition) is 6. The maximum atomic E-state index is 14.1. The summed E-state index contributed by atoms with van der Waals surface area (Å²) in [6.45, 7) is 4.70. The smallest absolute Gasteiger partial charge is 0.421 e. The highest BCUT2D eigenvalue weighted by atomic mass is 35.5. The molecule has 1 aliphatic heterocycles. The summed E-state index contributed by atoms with van der Waals surface area (Å²) in [5.41, 5.74) is 3.29. The number of rotatable bonds is 6. The molecule has 2 aromatic heterocycles. The van der Waals surface area contributed by atoms with Gasteiger partial charge in [-0.3, -0.25) is 9.89 Å². The van der Waals surface area contributed by atoms with Crippen LogP contribution >= 0.6 is 11.6 Å². The van der Waals surface area contributed by atoms with Crippen molar-refractivity contribution in [2.75, 3.05) is 13.6 Å². The van der Waals surface area contributed by atoms with Crippen LogP contribution in [0.2, 0.25) is 5.02 Å². The molecule has 0 bridgehead atoms. The minimum absolute atomic E-state index is 0.0783. The molecule has 4 rings (SSSR count). The first kappa shape index (κ1) is 26.0. The van der Waals surface area contributed by atoms with E-state index in [4.69, 9.17) is 16.3 Å². The van der Waals surface area contributed by atoms with E-state index in [1.807, 2.05) is 24.8 Å². The van der Waals surface area contributed by atoms with Gasteiger partial charge >= 0.3 is 6.18 Å². The second kappa shape index (κ2) is 10.5. The second-order valence-corrected chi connectivity index (χ2v) is 9.03. The average Bonchev–Trinajstić information content (AvgIpc) is 2.83. The molecule has 190 valence electrons. The van der Waals surface area contributed by atoms with E-state index in [-0.39, 0.29) is 10.6 Å². The minimum Gasteiger partial charge on any atom is -0.472 e. The quantitative estimate of drug-likeness (QED) is 0.313. The lowest BCUT2D eigenvalue weighted by Crippen LogP contribution is -2.32. The third-order valence-electron chi connectivity index (χ3n) is 6.08. The summed E-state index contributed by atoms with van der Waals surface area (Å²) in [4.78, 5) is 10.4. The summed E-state index contributed by atoms with van der Waals surface area (Å²) < 4.78 is 60.8. The van der Waals surface area contributed by atoms with Gasteiger partial charge in [-0.25, -0.2) is 9.37 Å². The van der Waals surface area contributed by atoms with E-state index in [2.05, 4.69) is 20.2 Å². The van der Waals surface area contributed by atoms with Gasteiger partial charge in [-0.05, 0) is 55.7 Å². The Morgan fingerprint density at radius 3 is 2.64 bits per heavy atom. The number of nitrogens with zero attached hydrogens (tertiary/aromatic N) is 5. The largest absolute Gasteiger partial charge is 0.472 e. The van der Waals surface area contributed by atoms with Crippen molar-refractivity contribution in [3.63, 3.8) is 0 Å². The molecular formula is C25H24ClF4N5O. The first-order chi connectivity index (χ1) is 17.0. The Morgan fingerprint density at radius 2 is 1.97 bits per heavy atom. The van der Waals surface area contributed by atoms with Crippen LogP contribution in [0.15, 0.2) is 35.3 Å². The van der Waals surface area contributed by atoms with Crippen LogP contribution in [0.5, 0.6) is 5.88 Å². The van der Waals surface area contributed by atoms with Gasteiger partial charge in [0, 0.05) is 37.3 Å². The fraction of sp³-hybridized carbons (Fsp3) is 0.360. The Bertz CT molecular complexity index is 1310. The van der Waals surface area contributed by atoms with Crippen molar-refractivity contribution in [3.05, 3.63) is 80.5 Å². The Morgan fingerprint density at radius 1 is 1.19 bits per heavy atom. The zero-order chi connectivity index (χ0) is 26.0. The van der Waals surface area contributed by atoms with E-state index in [1.165, 1.54) is 12.1 Å². The molecule has 0 aliphatic carbocycles. The number of alkyl halides is 3. The summed E-state index contributed by atoms with van der Waals surface area (Å²) in [5, 5.41) is 8.74. The van der Waals surface area contributed by atoms with Crippen molar-refractivity contribution >= 4 is 17.3 Å². The van der Waals surface area contributed by atoms with Gasteiger partial charge in [-0.1, -0.05) is 17.7 Å². The Labute approximate surface area is 211 Å². The Kier molecular flexibility index (Phi) is 7.56. The van der Waals surface area contributed by atoms with Crippen molar-refractivity contribution < 1.29 is 22.3 Å². The van der Waals surface area contributed by atoms with Crippen molar-refractivity contribution in [2.24, 2.45) is 4.99 Å². The third-order valence-corrected chi connectivity index (χ3v) is 6.31. The monoisotopic (exact) mass is 521 g/mol. The lowest BCUT2D eigenvalue weighted by atomic mass is 10.0. The first-order valence-electron chi connectivity index (χ1n) is 11.2. The first-order valence-corrected chi connectivity index (χ1v) is 11.6. The lowest BCUT2D eigenvalue weighted by molar-refractivity contribution is -0.139. The summed E-state index contributed by atoms with van der Waals surface area (Å²) in [6.07, 6.45) is -4.27. The molecule has 3 aromatic rings. The number of pyridine rings is 1. The molecule has 3 heterocycles. The number of fused-ring (bicyclic) bond motifs is 1. The number of ether oxygens (including phenoxy) is 1. The molecule has 6 nitrogen and oxygen atoms in total. The van der Waals surface area contributed by atoms with Gasteiger partial charge in [0.25, 0.3) is 0 Å². The number of halogens is 5. The molecular weight excluding hydrogens is 498 g/mol. The molecule has 0 N–H and O–H groups in total. The molecule has 36 heavy (non-hydrogen) atoms. The maximum Gasteiger partial charge on any atom is 0.421 e. The summed E-state index contributed by atoms with van der Waals surface area (Å²) in [7, 11) is 1.69. The van der Waals surface area contributed by atoms with E-state index in [1.54, 1.807) is 7.05 Å². The number of hydrogen-bond donors (Lipinski definition) is 0. The molecule has 0 saturated carbocycles. The maximum absolute atomic E-state index is 14.1. The standard InChI is InChI=1S/C25H24ClF4N5O/c1-14-8-21(15(2)31-3)33-34-22(14)11-35-7-6-16-9-19(25(28,29)30)24(32-23(16)12-35)36-13-17-4-5-18(26)10-20(17)27/h4-5,8-10H,6-7,11-13H2,1-3H3. The predicted octanol–water partition coefficient (Wildman–Crippen LogP) is 5.57. The second-order valence-electron chi connectivity index (χ2n) is 8.60. The van der Waals surface area contributed by atoms with Crippen molar-refractivity contribution in [3.8, 4) is 5.88 Å². The number of aliphatic imine (C=N–C) groups is 1. The third kappa shape index (κ3) is 5.82. The highest BCUT2D eigenvalue weighted by Crippen LogP contribution is 2.38. The van der Waals surface area contributed by atoms with Gasteiger partial charge < -0.3 is 4.74 Å². The lowest BCUT2D eigenvalue weighted by Gasteiger charge is -2.29.